The molecule has 6 nitrogen and oxygen atoms in total. The zero-order valence-corrected chi connectivity index (χ0v) is 18.6. The van der Waals surface area contributed by atoms with Crippen LogP contribution in [0.5, 0.6) is 5.75 Å². The van der Waals surface area contributed by atoms with E-state index in [4.69, 9.17) is 16.3 Å². The van der Waals surface area contributed by atoms with Gasteiger partial charge in [0.05, 0.1) is 28.8 Å². The van der Waals surface area contributed by atoms with Crippen LogP contribution >= 0.6 is 11.6 Å². The fourth-order valence-electron chi connectivity index (χ4n) is 3.57. The third-order valence-electron chi connectivity index (χ3n) is 5.13. The van der Waals surface area contributed by atoms with Gasteiger partial charge in [0.2, 0.25) is 0 Å². The van der Waals surface area contributed by atoms with Gasteiger partial charge >= 0.3 is 0 Å². The van der Waals surface area contributed by atoms with Crippen LogP contribution in [-0.2, 0) is 26.1 Å². The highest BCUT2D eigenvalue weighted by Gasteiger charge is 2.45. The number of ether oxygens (including phenoxy) is 1. The van der Waals surface area contributed by atoms with Crippen LogP contribution in [0.2, 0.25) is 5.02 Å². The summed E-state index contributed by atoms with van der Waals surface area (Å²) in [5.41, 5.74) is 1.72. The number of hydrogen-bond donors (Lipinski definition) is 1. The third kappa shape index (κ3) is 5.12. The molecule has 0 radical (unpaired) electrons. The minimum Gasteiger partial charge on any atom is -0.496 e. The Kier molecular flexibility index (Phi) is 6.57. The lowest BCUT2D eigenvalue weighted by Gasteiger charge is -2.20. The molecule has 1 saturated heterocycles. The van der Waals surface area contributed by atoms with Gasteiger partial charge in [-0.25, -0.2) is 16.8 Å². The van der Waals surface area contributed by atoms with Crippen LogP contribution in [0.15, 0.2) is 47.4 Å². The SMILES string of the molecule is COc1ccc(S(=O)(=O)[C@H]2CS(=O)(=O)C[C@@H]2NCCc2ccc(Cl)cc2)cc1C. The van der Waals surface area contributed by atoms with Crippen LogP contribution in [-0.4, -0.2) is 53.3 Å². The normalized spacial score (nSPS) is 21.2. The molecule has 1 aliphatic heterocycles. The largest absolute Gasteiger partial charge is 0.496 e. The summed E-state index contributed by atoms with van der Waals surface area (Å²) in [7, 11) is -5.75. The molecule has 0 aromatic heterocycles. The fourth-order valence-corrected chi connectivity index (χ4v) is 8.49. The van der Waals surface area contributed by atoms with Crippen LogP contribution in [0, 0.1) is 6.92 Å². The number of hydrogen-bond acceptors (Lipinski definition) is 6. The van der Waals surface area contributed by atoms with Gasteiger partial charge in [-0.2, -0.15) is 0 Å². The summed E-state index contributed by atoms with van der Waals surface area (Å²) < 4.78 is 56.0. The molecule has 1 aliphatic rings. The average molecular weight is 458 g/mol. The lowest BCUT2D eigenvalue weighted by molar-refractivity contribution is 0.411. The maximum absolute atomic E-state index is 13.2. The molecule has 158 valence electrons. The highest BCUT2D eigenvalue weighted by atomic mass is 35.5. The predicted molar refractivity (Wildman–Crippen MR) is 114 cm³/mol. The zero-order chi connectivity index (χ0) is 21.2. The van der Waals surface area contributed by atoms with Crippen molar-refractivity contribution in [2.45, 2.75) is 29.5 Å². The molecule has 0 saturated carbocycles. The summed E-state index contributed by atoms with van der Waals surface area (Å²) in [5.74, 6) is 0.0201. The van der Waals surface area contributed by atoms with E-state index in [1.54, 1.807) is 25.1 Å². The molecule has 9 heteroatoms. The topological polar surface area (TPSA) is 89.5 Å². The van der Waals surface area contributed by atoms with Crippen LogP contribution < -0.4 is 10.1 Å². The Bertz CT molecular complexity index is 1080. The van der Waals surface area contributed by atoms with Crippen molar-refractivity contribution in [2.24, 2.45) is 0 Å². The molecule has 2 aromatic rings. The van der Waals surface area contributed by atoms with E-state index in [0.29, 0.717) is 29.3 Å². The maximum atomic E-state index is 13.2. The van der Waals surface area contributed by atoms with Crippen LogP contribution in [0.1, 0.15) is 11.1 Å². The molecule has 1 heterocycles. The third-order valence-corrected chi connectivity index (χ3v) is 9.53. The number of methoxy groups -OCH3 is 1. The first-order valence-corrected chi connectivity index (χ1v) is 12.9. The van der Waals surface area contributed by atoms with E-state index >= 15 is 0 Å². The van der Waals surface area contributed by atoms with E-state index in [1.807, 2.05) is 12.1 Å². The lowest BCUT2D eigenvalue weighted by Crippen LogP contribution is -2.44. The van der Waals surface area contributed by atoms with E-state index < -0.39 is 31.0 Å². The fraction of sp³-hybridized carbons (Fsp3) is 0.400. The van der Waals surface area contributed by atoms with Gasteiger partial charge in [-0.3, -0.25) is 0 Å². The molecule has 2 atom stereocenters. The second-order valence-electron chi connectivity index (χ2n) is 7.23. The summed E-state index contributed by atoms with van der Waals surface area (Å²) >= 11 is 5.88. The molecule has 0 spiro atoms. The maximum Gasteiger partial charge on any atom is 0.183 e. The Morgan fingerprint density at radius 3 is 2.45 bits per heavy atom. The van der Waals surface area contributed by atoms with Crippen LogP contribution in [0.4, 0.5) is 0 Å². The van der Waals surface area contributed by atoms with Crippen molar-refractivity contribution in [2.75, 3.05) is 25.2 Å². The van der Waals surface area contributed by atoms with Gasteiger partial charge in [-0.05, 0) is 61.3 Å². The van der Waals surface area contributed by atoms with Gasteiger partial charge in [0.25, 0.3) is 0 Å². The summed E-state index contributed by atoms with van der Waals surface area (Å²) in [6.07, 6.45) is 0.641. The van der Waals surface area contributed by atoms with Crippen molar-refractivity contribution >= 4 is 31.3 Å². The monoisotopic (exact) mass is 457 g/mol. The number of sulfone groups is 2. The van der Waals surface area contributed by atoms with E-state index in [2.05, 4.69) is 5.32 Å². The highest BCUT2D eigenvalue weighted by molar-refractivity contribution is 7.96. The van der Waals surface area contributed by atoms with Gasteiger partial charge in [-0.15, -0.1) is 0 Å². The molecule has 2 aromatic carbocycles. The smallest absolute Gasteiger partial charge is 0.183 e. The summed E-state index contributed by atoms with van der Waals surface area (Å²) in [6, 6.07) is 11.3. The Hall–Kier alpha value is -1.61. The standard InChI is InChI=1S/C20H24ClNO5S2/c1-14-11-17(7-8-19(14)27-2)29(25,26)20-13-28(23,24)12-18(20)22-10-9-15-3-5-16(21)6-4-15/h3-8,11,18,20,22H,9-10,12-13H2,1-2H3/t18-,20-/m0/s1. The molecule has 3 rings (SSSR count). The molecular weight excluding hydrogens is 434 g/mol. The average Bonchev–Trinajstić information content (AvgIpc) is 2.98. The van der Waals surface area contributed by atoms with Crippen LogP contribution in [0.3, 0.4) is 0 Å². The highest BCUT2D eigenvalue weighted by Crippen LogP contribution is 2.29. The van der Waals surface area contributed by atoms with Gasteiger partial charge in [0.1, 0.15) is 5.75 Å². The van der Waals surface area contributed by atoms with Crippen LogP contribution in [0.25, 0.3) is 0 Å². The Labute approximate surface area is 177 Å². The predicted octanol–water partition coefficient (Wildman–Crippen LogP) is 2.43. The lowest BCUT2D eigenvalue weighted by atomic mass is 10.1. The zero-order valence-electron chi connectivity index (χ0n) is 16.3. The second kappa shape index (κ2) is 8.63. The van der Waals surface area contributed by atoms with Crippen molar-refractivity contribution in [1.29, 1.82) is 0 Å². The van der Waals surface area contributed by atoms with E-state index in [-0.39, 0.29) is 16.4 Å². The Balaban J connectivity index is 1.78. The first kappa shape index (κ1) is 22.1. The van der Waals surface area contributed by atoms with Crippen molar-refractivity contribution in [3.05, 3.63) is 58.6 Å². The minimum atomic E-state index is -3.82. The van der Waals surface area contributed by atoms with Crippen molar-refractivity contribution in [3.8, 4) is 5.75 Å². The number of benzene rings is 2. The molecular formula is C20H24ClNO5S2. The summed E-state index contributed by atoms with van der Waals surface area (Å²) in [5, 5.41) is 2.77. The number of halogens is 1. The number of nitrogens with one attached hydrogen (secondary N) is 1. The molecule has 1 fully saturated rings. The molecule has 0 bridgehead atoms. The quantitative estimate of drug-likeness (QED) is 0.686. The van der Waals surface area contributed by atoms with E-state index in [1.165, 1.54) is 19.2 Å². The molecule has 1 N–H and O–H groups in total. The van der Waals surface area contributed by atoms with Gasteiger partial charge in [0.15, 0.2) is 19.7 Å². The number of rotatable bonds is 7. The van der Waals surface area contributed by atoms with Gasteiger partial charge < -0.3 is 10.1 Å². The first-order chi connectivity index (χ1) is 13.6. The molecule has 0 unspecified atom stereocenters. The summed E-state index contributed by atoms with van der Waals surface area (Å²) in [4.78, 5) is 0.113. The number of aryl methyl sites for hydroxylation is 1. The van der Waals surface area contributed by atoms with Crippen molar-refractivity contribution in [1.82, 2.24) is 5.32 Å². The first-order valence-electron chi connectivity index (χ1n) is 9.19. The molecule has 0 aliphatic carbocycles. The Morgan fingerprint density at radius 2 is 1.83 bits per heavy atom. The second-order valence-corrected chi connectivity index (χ2v) is 12.0. The van der Waals surface area contributed by atoms with E-state index in [9.17, 15) is 16.8 Å². The molecule has 29 heavy (non-hydrogen) atoms. The molecule has 0 amide bonds. The Morgan fingerprint density at radius 1 is 1.14 bits per heavy atom. The minimum absolute atomic E-state index is 0.113. The van der Waals surface area contributed by atoms with Gasteiger partial charge in [-0.1, -0.05) is 23.7 Å². The van der Waals surface area contributed by atoms with Crippen molar-refractivity contribution in [3.63, 3.8) is 0 Å². The van der Waals surface area contributed by atoms with E-state index in [0.717, 1.165) is 5.56 Å². The van der Waals surface area contributed by atoms with Crippen molar-refractivity contribution < 1.29 is 21.6 Å². The summed E-state index contributed by atoms with van der Waals surface area (Å²) in [6.45, 7) is 2.22. The van der Waals surface area contributed by atoms with Gasteiger partial charge in [0, 0.05) is 11.1 Å².